The lowest BCUT2D eigenvalue weighted by molar-refractivity contribution is 0.568. The normalized spacial score (nSPS) is 14.4. The number of rotatable bonds is 6. The topological polar surface area (TPSA) is 44.3 Å². The van der Waals surface area contributed by atoms with Crippen LogP contribution in [-0.2, 0) is 0 Å². The molecule has 1 fully saturated rings. The summed E-state index contributed by atoms with van der Waals surface area (Å²) in [6.07, 6.45) is 5.62. The molecule has 0 radical (unpaired) electrons. The summed E-state index contributed by atoms with van der Waals surface area (Å²) in [5, 5.41) is 3.46. The molecule has 0 aliphatic carbocycles. The van der Waals surface area contributed by atoms with Gasteiger partial charge in [0, 0.05) is 43.8 Å². The van der Waals surface area contributed by atoms with Crippen LogP contribution < -0.4 is 15.1 Å². The molecule has 1 aromatic carbocycles. The average Bonchev–Trinajstić information content (AvgIpc) is 2.66. The molecule has 1 aliphatic heterocycles. The summed E-state index contributed by atoms with van der Waals surface area (Å²) in [5.74, 6) is 1.69. The van der Waals surface area contributed by atoms with E-state index in [-0.39, 0.29) is 0 Å². The van der Waals surface area contributed by atoms with Crippen molar-refractivity contribution in [1.82, 2.24) is 9.97 Å². The number of aryl methyl sites for hydroxylation is 1. The van der Waals surface area contributed by atoms with Gasteiger partial charge in [-0.3, -0.25) is 0 Å². The number of piperidine rings is 1. The molecule has 3 rings (SSSR count). The Kier molecular flexibility index (Phi) is 5.74. The van der Waals surface area contributed by atoms with Crippen molar-refractivity contribution < 1.29 is 0 Å². The van der Waals surface area contributed by atoms with Gasteiger partial charge in [-0.2, -0.15) is 4.98 Å². The number of hydrogen-bond acceptors (Lipinski definition) is 5. The first-order chi connectivity index (χ1) is 12.2. The minimum atomic E-state index is 0.835. The summed E-state index contributed by atoms with van der Waals surface area (Å²) in [7, 11) is 0. The Morgan fingerprint density at radius 3 is 2.52 bits per heavy atom. The maximum Gasteiger partial charge on any atom is 0.227 e. The van der Waals surface area contributed by atoms with Gasteiger partial charge in [0.15, 0.2) is 0 Å². The summed E-state index contributed by atoms with van der Waals surface area (Å²) >= 11 is 0. The molecule has 25 heavy (non-hydrogen) atoms. The third kappa shape index (κ3) is 4.21. The predicted octanol–water partition coefficient (Wildman–Crippen LogP) is 4.37. The van der Waals surface area contributed by atoms with Crippen LogP contribution in [0.5, 0.6) is 0 Å². The van der Waals surface area contributed by atoms with Gasteiger partial charge in [-0.15, -0.1) is 0 Å². The Balaban J connectivity index is 1.76. The van der Waals surface area contributed by atoms with E-state index >= 15 is 0 Å². The highest BCUT2D eigenvalue weighted by molar-refractivity contribution is 5.65. The highest BCUT2D eigenvalue weighted by atomic mass is 15.3. The molecule has 0 bridgehead atoms. The van der Waals surface area contributed by atoms with Gasteiger partial charge in [-0.25, -0.2) is 4.98 Å². The molecule has 0 unspecified atom stereocenters. The lowest BCUT2D eigenvalue weighted by Crippen LogP contribution is -2.31. The van der Waals surface area contributed by atoms with Gasteiger partial charge in [-0.05, 0) is 69.9 Å². The second-order valence-electron chi connectivity index (χ2n) is 6.59. The van der Waals surface area contributed by atoms with E-state index in [2.05, 4.69) is 59.1 Å². The highest BCUT2D eigenvalue weighted by Crippen LogP contribution is 2.25. The molecule has 1 saturated heterocycles. The van der Waals surface area contributed by atoms with Crippen LogP contribution in [0.3, 0.4) is 0 Å². The largest absolute Gasteiger partial charge is 0.372 e. The zero-order chi connectivity index (χ0) is 17.6. The number of anilines is 4. The highest BCUT2D eigenvalue weighted by Gasteiger charge is 2.14. The molecule has 5 nitrogen and oxygen atoms in total. The number of nitrogens with one attached hydrogen (secondary N) is 1. The lowest BCUT2D eigenvalue weighted by Gasteiger charge is -2.26. The smallest absolute Gasteiger partial charge is 0.227 e. The molecule has 2 aromatic rings. The summed E-state index contributed by atoms with van der Waals surface area (Å²) in [5.41, 5.74) is 3.59. The quantitative estimate of drug-likeness (QED) is 0.847. The van der Waals surface area contributed by atoms with Gasteiger partial charge < -0.3 is 15.1 Å². The molecule has 5 heteroatoms. The fourth-order valence-electron chi connectivity index (χ4n) is 3.38. The van der Waals surface area contributed by atoms with Crippen molar-refractivity contribution in [3.8, 4) is 0 Å². The molecular weight excluding hydrogens is 310 g/mol. The molecule has 0 atom stereocenters. The van der Waals surface area contributed by atoms with Gasteiger partial charge in [0.25, 0.3) is 0 Å². The zero-order valence-corrected chi connectivity index (χ0v) is 15.6. The summed E-state index contributed by atoms with van der Waals surface area (Å²) in [6.45, 7) is 10.7. The van der Waals surface area contributed by atoms with Gasteiger partial charge in [0.2, 0.25) is 5.95 Å². The Morgan fingerprint density at radius 1 is 1.08 bits per heavy atom. The Bertz CT molecular complexity index is 690. The Morgan fingerprint density at radius 2 is 1.84 bits per heavy atom. The summed E-state index contributed by atoms with van der Waals surface area (Å²) in [6, 6.07) is 8.49. The first-order valence-electron chi connectivity index (χ1n) is 9.42. The minimum Gasteiger partial charge on any atom is -0.372 e. The van der Waals surface area contributed by atoms with Gasteiger partial charge in [-0.1, -0.05) is 0 Å². The fraction of sp³-hybridized carbons (Fsp3) is 0.500. The molecule has 0 spiro atoms. The molecule has 2 heterocycles. The SMILES string of the molecule is CCN(CC)c1ccc(Nc2ccnc(N3CCCCC3)n2)c(C)c1. The van der Waals surface area contributed by atoms with Crippen LogP contribution in [0.15, 0.2) is 30.5 Å². The zero-order valence-electron chi connectivity index (χ0n) is 15.6. The number of benzene rings is 1. The van der Waals surface area contributed by atoms with E-state index < -0.39 is 0 Å². The van der Waals surface area contributed by atoms with Gasteiger partial charge >= 0.3 is 0 Å². The standard InChI is InChI=1S/C20H29N5/c1-4-24(5-2)17-9-10-18(16(3)15-17)22-19-11-12-21-20(23-19)25-13-7-6-8-14-25/h9-12,15H,4-8,13-14H2,1-3H3,(H,21,22,23). The van der Waals surface area contributed by atoms with Crippen molar-refractivity contribution in [3.63, 3.8) is 0 Å². The van der Waals surface area contributed by atoms with Gasteiger partial charge in [0.05, 0.1) is 0 Å². The maximum absolute atomic E-state index is 4.72. The van der Waals surface area contributed by atoms with Crippen molar-refractivity contribution in [1.29, 1.82) is 0 Å². The summed E-state index contributed by atoms with van der Waals surface area (Å²) < 4.78 is 0. The van der Waals surface area contributed by atoms with Crippen molar-refractivity contribution in [2.45, 2.75) is 40.0 Å². The van der Waals surface area contributed by atoms with E-state index in [0.717, 1.165) is 43.6 Å². The van der Waals surface area contributed by atoms with Crippen LogP contribution in [0.4, 0.5) is 23.1 Å². The van der Waals surface area contributed by atoms with Crippen LogP contribution >= 0.6 is 0 Å². The number of aromatic nitrogens is 2. The second-order valence-corrected chi connectivity index (χ2v) is 6.59. The predicted molar refractivity (Wildman–Crippen MR) is 106 cm³/mol. The van der Waals surface area contributed by atoms with Crippen LogP contribution in [-0.4, -0.2) is 36.1 Å². The van der Waals surface area contributed by atoms with Crippen LogP contribution in [0.1, 0.15) is 38.7 Å². The van der Waals surface area contributed by atoms with E-state index in [1.165, 1.54) is 30.5 Å². The Hall–Kier alpha value is -2.30. The molecule has 0 amide bonds. The van der Waals surface area contributed by atoms with Crippen molar-refractivity contribution in [3.05, 3.63) is 36.0 Å². The number of nitrogens with zero attached hydrogens (tertiary/aromatic N) is 4. The first-order valence-corrected chi connectivity index (χ1v) is 9.42. The minimum absolute atomic E-state index is 0.835. The fourth-order valence-corrected chi connectivity index (χ4v) is 3.38. The molecule has 1 aromatic heterocycles. The molecule has 1 N–H and O–H groups in total. The average molecular weight is 339 g/mol. The second kappa shape index (κ2) is 8.19. The van der Waals surface area contributed by atoms with Crippen molar-refractivity contribution >= 4 is 23.1 Å². The van der Waals surface area contributed by atoms with Crippen LogP contribution in [0.2, 0.25) is 0 Å². The third-order valence-electron chi connectivity index (χ3n) is 4.88. The first kappa shape index (κ1) is 17.5. The van der Waals surface area contributed by atoms with E-state index in [1.807, 2.05) is 12.3 Å². The van der Waals surface area contributed by atoms with E-state index in [1.54, 1.807) is 0 Å². The summed E-state index contributed by atoms with van der Waals surface area (Å²) in [4.78, 5) is 13.8. The van der Waals surface area contributed by atoms with Crippen molar-refractivity contribution in [2.24, 2.45) is 0 Å². The van der Waals surface area contributed by atoms with Crippen molar-refractivity contribution in [2.75, 3.05) is 41.3 Å². The van der Waals surface area contributed by atoms with E-state index in [4.69, 9.17) is 4.98 Å². The maximum atomic E-state index is 4.72. The number of hydrogen-bond donors (Lipinski definition) is 1. The molecule has 134 valence electrons. The van der Waals surface area contributed by atoms with E-state index in [0.29, 0.717) is 0 Å². The lowest BCUT2D eigenvalue weighted by atomic mass is 10.1. The Labute approximate surface area is 151 Å². The monoisotopic (exact) mass is 339 g/mol. The molecule has 0 saturated carbocycles. The molecular formula is C20H29N5. The van der Waals surface area contributed by atoms with Crippen LogP contribution in [0.25, 0.3) is 0 Å². The van der Waals surface area contributed by atoms with Crippen LogP contribution in [0, 0.1) is 6.92 Å². The third-order valence-corrected chi connectivity index (χ3v) is 4.88. The van der Waals surface area contributed by atoms with Gasteiger partial charge in [0.1, 0.15) is 5.82 Å². The van der Waals surface area contributed by atoms with E-state index in [9.17, 15) is 0 Å². The molecule has 1 aliphatic rings.